The Kier molecular flexibility index (Phi) is 6.32. The summed E-state index contributed by atoms with van der Waals surface area (Å²) in [5.74, 6) is -0.844. The third-order valence-corrected chi connectivity index (χ3v) is 3.75. The lowest BCUT2D eigenvalue weighted by Gasteiger charge is -2.33. The highest BCUT2D eigenvalue weighted by atomic mass is 19.4. The summed E-state index contributed by atoms with van der Waals surface area (Å²) in [6.45, 7) is 3.31. The number of hydrogen-bond acceptors (Lipinski definition) is 5. The molecule has 152 valence electrons. The van der Waals surface area contributed by atoms with Crippen LogP contribution in [0.3, 0.4) is 0 Å². The number of carbonyl (C=O) groups is 2. The quantitative estimate of drug-likeness (QED) is 0.683. The lowest BCUT2D eigenvalue weighted by molar-refractivity contribution is -0.153. The van der Waals surface area contributed by atoms with Crippen molar-refractivity contribution in [3.8, 4) is 5.75 Å². The SMILES string of the molecule is CC(=O)NC1(C(=O)NCc2ccc(OCC(F)(F)F)c(C)c2)C=NC=C(C)N1. The maximum Gasteiger partial charge on any atom is 0.422 e. The number of nitrogens with one attached hydrogen (secondary N) is 3. The summed E-state index contributed by atoms with van der Waals surface area (Å²) in [4.78, 5) is 28.2. The van der Waals surface area contributed by atoms with E-state index < -0.39 is 30.3 Å². The van der Waals surface area contributed by atoms with Gasteiger partial charge in [-0.1, -0.05) is 12.1 Å². The number of benzene rings is 1. The molecule has 7 nitrogen and oxygen atoms in total. The fourth-order valence-electron chi connectivity index (χ4n) is 2.61. The largest absolute Gasteiger partial charge is 0.484 e. The van der Waals surface area contributed by atoms with Gasteiger partial charge in [0.15, 0.2) is 6.61 Å². The number of rotatable bonds is 6. The van der Waals surface area contributed by atoms with Crippen molar-refractivity contribution in [1.82, 2.24) is 16.0 Å². The predicted octanol–water partition coefficient (Wildman–Crippen LogP) is 1.92. The normalized spacial score (nSPS) is 18.7. The number of aryl methyl sites for hydroxylation is 1. The van der Waals surface area contributed by atoms with Gasteiger partial charge in [0.1, 0.15) is 5.75 Å². The molecule has 2 amide bonds. The van der Waals surface area contributed by atoms with Gasteiger partial charge in [0.25, 0.3) is 5.91 Å². The fourth-order valence-corrected chi connectivity index (χ4v) is 2.61. The summed E-state index contributed by atoms with van der Waals surface area (Å²) in [7, 11) is 0. The van der Waals surface area contributed by atoms with Crippen LogP contribution in [-0.2, 0) is 16.1 Å². The van der Waals surface area contributed by atoms with E-state index in [-0.39, 0.29) is 12.3 Å². The molecule has 0 aliphatic carbocycles. The molecule has 1 aromatic carbocycles. The molecule has 0 radical (unpaired) electrons. The van der Waals surface area contributed by atoms with Crippen LogP contribution in [0.25, 0.3) is 0 Å². The van der Waals surface area contributed by atoms with Crippen molar-refractivity contribution in [2.24, 2.45) is 4.99 Å². The third-order valence-electron chi connectivity index (χ3n) is 3.75. The Labute approximate surface area is 160 Å². The van der Waals surface area contributed by atoms with Crippen molar-refractivity contribution in [2.45, 2.75) is 39.2 Å². The van der Waals surface area contributed by atoms with E-state index in [1.807, 2.05) is 0 Å². The van der Waals surface area contributed by atoms with Crippen molar-refractivity contribution in [3.63, 3.8) is 0 Å². The molecule has 10 heteroatoms. The van der Waals surface area contributed by atoms with Gasteiger partial charge in [-0.25, -0.2) is 0 Å². The molecule has 0 bridgehead atoms. The van der Waals surface area contributed by atoms with Crippen LogP contribution in [0.1, 0.15) is 25.0 Å². The summed E-state index contributed by atoms with van der Waals surface area (Å²) in [5, 5.41) is 8.11. The van der Waals surface area contributed by atoms with Gasteiger partial charge < -0.3 is 20.7 Å². The Morgan fingerprint density at radius 2 is 2.00 bits per heavy atom. The lowest BCUT2D eigenvalue weighted by Crippen LogP contribution is -2.68. The highest BCUT2D eigenvalue weighted by Gasteiger charge is 2.39. The number of ether oxygens (including phenoxy) is 1. The van der Waals surface area contributed by atoms with Gasteiger partial charge in [-0.2, -0.15) is 13.2 Å². The summed E-state index contributed by atoms with van der Waals surface area (Å²) < 4.78 is 41.6. The van der Waals surface area contributed by atoms with Gasteiger partial charge >= 0.3 is 6.18 Å². The zero-order valence-electron chi connectivity index (χ0n) is 15.6. The van der Waals surface area contributed by atoms with Crippen molar-refractivity contribution < 1.29 is 27.5 Å². The molecule has 1 aromatic rings. The Balaban J connectivity index is 2.05. The Hall–Kier alpha value is -3.04. The molecule has 0 saturated heterocycles. The number of alkyl halides is 3. The number of halogens is 3. The number of aliphatic imine (C=N–C) groups is 1. The molecule has 1 unspecified atom stereocenters. The van der Waals surface area contributed by atoms with Crippen molar-refractivity contribution in [2.75, 3.05) is 6.61 Å². The summed E-state index contributed by atoms with van der Waals surface area (Å²) in [6.07, 6.45) is -1.62. The number of nitrogens with zero attached hydrogens (tertiary/aromatic N) is 1. The molecule has 0 saturated carbocycles. The summed E-state index contributed by atoms with van der Waals surface area (Å²) >= 11 is 0. The van der Waals surface area contributed by atoms with Crippen LogP contribution in [-0.4, -0.2) is 36.5 Å². The zero-order chi connectivity index (χ0) is 20.9. The Morgan fingerprint density at radius 3 is 2.57 bits per heavy atom. The molecule has 1 aliphatic rings. The van der Waals surface area contributed by atoms with Crippen LogP contribution < -0.4 is 20.7 Å². The maximum absolute atomic E-state index is 12.7. The van der Waals surface area contributed by atoms with E-state index in [9.17, 15) is 22.8 Å². The average molecular weight is 398 g/mol. The molecule has 2 rings (SSSR count). The van der Waals surface area contributed by atoms with Crippen LogP contribution in [0.2, 0.25) is 0 Å². The zero-order valence-corrected chi connectivity index (χ0v) is 15.6. The molecule has 1 atom stereocenters. The fraction of sp³-hybridized carbons (Fsp3) is 0.389. The van der Waals surface area contributed by atoms with Gasteiger partial charge in [0, 0.05) is 25.4 Å². The summed E-state index contributed by atoms with van der Waals surface area (Å²) in [5.41, 5.74) is 0.232. The van der Waals surface area contributed by atoms with E-state index in [1.54, 1.807) is 26.0 Å². The minimum atomic E-state index is -4.42. The minimum Gasteiger partial charge on any atom is -0.484 e. The number of amides is 2. The molecule has 3 N–H and O–H groups in total. The predicted molar refractivity (Wildman–Crippen MR) is 96.5 cm³/mol. The van der Waals surface area contributed by atoms with E-state index >= 15 is 0 Å². The first-order chi connectivity index (χ1) is 13.0. The highest BCUT2D eigenvalue weighted by molar-refractivity contribution is 6.06. The molecule has 1 heterocycles. The second-order valence-corrected chi connectivity index (χ2v) is 6.39. The molecule has 0 spiro atoms. The van der Waals surface area contributed by atoms with Crippen molar-refractivity contribution >= 4 is 18.0 Å². The van der Waals surface area contributed by atoms with Crippen LogP contribution in [0.15, 0.2) is 35.1 Å². The maximum atomic E-state index is 12.7. The van der Waals surface area contributed by atoms with Crippen LogP contribution in [0.4, 0.5) is 13.2 Å². The first kappa shape index (κ1) is 21.3. The average Bonchev–Trinajstić information content (AvgIpc) is 2.57. The molecule has 0 aromatic heterocycles. The van der Waals surface area contributed by atoms with Crippen LogP contribution in [0.5, 0.6) is 5.75 Å². The van der Waals surface area contributed by atoms with Gasteiger partial charge in [0.2, 0.25) is 11.6 Å². The van der Waals surface area contributed by atoms with Crippen molar-refractivity contribution in [3.05, 3.63) is 41.2 Å². The minimum absolute atomic E-state index is 0.0961. The van der Waals surface area contributed by atoms with E-state index in [0.717, 1.165) is 0 Å². The van der Waals surface area contributed by atoms with Gasteiger partial charge in [0.05, 0.1) is 6.21 Å². The van der Waals surface area contributed by atoms with E-state index in [1.165, 1.54) is 25.4 Å². The number of carbonyl (C=O) groups excluding carboxylic acids is 2. The van der Waals surface area contributed by atoms with Crippen molar-refractivity contribution in [1.29, 1.82) is 0 Å². The topological polar surface area (TPSA) is 91.8 Å². The lowest BCUT2D eigenvalue weighted by atomic mass is 10.1. The smallest absolute Gasteiger partial charge is 0.422 e. The monoisotopic (exact) mass is 398 g/mol. The molecule has 0 fully saturated rings. The van der Waals surface area contributed by atoms with E-state index in [0.29, 0.717) is 16.8 Å². The highest BCUT2D eigenvalue weighted by Crippen LogP contribution is 2.23. The van der Waals surface area contributed by atoms with E-state index in [2.05, 4.69) is 20.9 Å². The molecule has 1 aliphatic heterocycles. The van der Waals surface area contributed by atoms with Gasteiger partial charge in [-0.15, -0.1) is 0 Å². The number of hydrogen-bond donors (Lipinski definition) is 3. The number of allylic oxidation sites excluding steroid dienone is 1. The Bertz CT molecular complexity index is 817. The van der Waals surface area contributed by atoms with E-state index in [4.69, 9.17) is 4.74 Å². The Morgan fingerprint density at radius 1 is 1.29 bits per heavy atom. The first-order valence-electron chi connectivity index (χ1n) is 8.36. The van der Waals surface area contributed by atoms with Gasteiger partial charge in [-0.3, -0.25) is 14.6 Å². The second kappa shape index (κ2) is 8.32. The molecular weight excluding hydrogens is 377 g/mol. The summed E-state index contributed by atoms with van der Waals surface area (Å²) in [6, 6.07) is 4.58. The van der Waals surface area contributed by atoms with Crippen LogP contribution >= 0.6 is 0 Å². The van der Waals surface area contributed by atoms with Gasteiger partial charge in [-0.05, 0) is 31.0 Å². The molecular formula is C18H21F3N4O3. The third kappa shape index (κ3) is 5.73. The second-order valence-electron chi connectivity index (χ2n) is 6.39. The first-order valence-corrected chi connectivity index (χ1v) is 8.36. The standard InChI is InChI=1S/C18H21F3N4O3/c1-11-6-14(4-5-15(11)28-10-18(19,20)21)8-23-16(27)17(25-13(3)26)9-22-7-12(2)24-17/h4-7,9,24H,8,10H2,1-3H3,(H,23,27)(H,25,26). The molecule has 28 heavy (non-hydrogen) atoms. The van der Waals surface area contributed by atoms with Crippen LogP contribution in [0, 0.1) is 6.92 Å².